The van der Waals surface area contributed by atoms with Crippen LogP contribution >= 0.6 is 0 Å². The van der Waals surface area contributed by atoms with Crippen LogP contribution in [0.25, 0.3) is 0 Å². The quantitative estimate of drug-likeness (QED) is 0.698. The van der Waals surface area contributed by atoms with Crippen molar-refractivity contribution in [3.8, 4) is 0 Å². The van der Waals surface area contributed by atoms with Crippen molar-refractivity contribution in [1.82, 2.24) is 4.90 Å². The fourth-order valence-electron chi connectivity index (χ4n) is 6.58. The Balaban J connectivity index is 1.30. The molecule has 2 unspecified atom stereocenters. The van der Waals surface area contributed by atoms with Gasteiger partial charge in [-0.15, -0.1) is 0 Å². The molecule has 5 saturated heterocycles. The Morgan fingerprint density at radius 3 is 2.69 bits per heavy atom. The first-order chi connectivity index (χ1) is 13.9. The number of aliphatic hydroxyl groups is 1. The van der Waals surface area contributed by atoms with E-state index in [0.717, 1.165) is 32.4 Å². The highest BCUT2D eigenvalue weighted by Gasteiger charge is 2.69. The molecule has 1 aliphatic carbocycles. The van der Waals surface area contributed by atoms with Crippen LogP contribution in [0, 0.1) is 23.7 Å². The molecule has 5 aliphatic heterocycles. The average molecular weight is 412 g/mol. The van der Waals surface area contributed by atoms with E-state index in [-0.39, 0.29) is 18.4 Å². The van der Waals surface area contributed by atoms with Crippen molar-refractivity contribution in [3.05, 3.63) is 0 Å². The van der Waals surface area contributed by atoms with Crippen LogP contribution in [0.5, 0.6) is 0 Å². The fourth-order valence-corrected chi connectivity index (χ4v) is 6.58. The molecule has 6 rings (SSSR count). The predicted octanol–water partition coefficient (Wildman–Crippen LogP) is 2.67. The van der Waals surface area contributed by atoms with Crippen molar-refractivity contribution in [2.75, 3.05) is 26.2 Å². The van der Waals surface area contributed by atoms with Gasteiger partial charge in [0.2, 0.25) is 5.79 Å². The number of hydrogen-bond donors (Lipinski definition) is 1. The normalized spacial score (nSPS) is 50.9. The van der Waals surface area contributed by atoms with Gasteiger partial charge in [-0.2, -0.15) is 0 Å². The van der Waals surface area contributed by atoms with Crippen LogP contribution in [0.15, 0.2) is 0 Å². The molecular weight excluding hydrogens is 374 g/mol. The highest BCUT2D eigenvalue weighted by Crippen LogP contribution is 2.60. The summed E-state index contributed by atoms with van der Waals surface area (Å²) in [5.41, 5.74) is -0.554. The molecule has 0 aromatic rings. The second-order valence-corrected chi connectivity index (χ2v) is 10.3. The minimum absolute atomic E-state index is 0.148. The molecule has 2 bridgehead atoms. The van der Waals surface area contributed by atoms with E-state index in [2.05, 4.69) is 18.7 Å². The Morgan fingerprint density at radius 2 is 1.90 bits per heavy atom. The van der Waals surface area contributed by atoms with Gasteiger partial charge in [-0.05, 0) is 64.0 Å². The van der Waals surface area contributed by atoms with Gasteiger partial charge in [-0.3, -0.25) is 0 Å². The van der Waals surface area contributed by atoms with E-state index in [4.69, 9.17) is 24.0 Å². The standard InChI is InChI=1S/C22H37NO6/c1-14-6-7-18-15(2)19(25-13-16(24)12-23-10-4-5-11-23)26-20-22(18)17(14)8-9-21(3,27-20)28-29-22/h14-20,24H,4-13H2,1-3H3/t14-,15-,16?,17+,18+,19?,20-,21+,22-/m1/s1. The molecule has 1 N–H and O–H groups in total. The zero-order valence-corrected chi connectivity index (χ0v) is 18.0. The van der Waals surface area contributed by atoms with Gasteiger partial charge in [0, 0.05) is 24.8 Å². The topological polar surface area (TPSA) is 69.6 Å². The van der Waals surface area contributed by atoms with Crippen LogP contribution in [-0.2, 0) is 24.0 Å². The maximum absolute atomic E-state index is 10.5. The van der Waals surface area contributed by atoms with Crippen molar-refractivity contribution >= 4 is 0 Å². The van der Waals surface area contributed by atoms with Gasteiger partial charge in [-0.25, -0.2) is 9.78 Å². The highest BCUT2D eigenvalue weighted by atomic mass is 17.3. The minimum atomic E-state index is -0.766. The molecule has 1 spiro atoms. The lowest BCUT2D eigenvalue weighted by atomic mass is 9.58. The minimum Gasteiger partial charge on any atom is -0.389 e. The van der Waals surface area contributed by atoms with Crippen molar-refractivity contribution < 1.29 is 29.1 Å². The lowest BCUT2D eigenvalue weighted by Gasteiger charge is -2.60. The largest absolute Gasteiger partial charge is 0.389 e. The van der Waals surface area contributed by atoms with Gasteiger partial charge in [-0.1, -0.05) is 13.8 Å². The summed E-state index contributed by atoms with van der Waals surface area (Å²) in [4.78, 5) is 14.3. The average Bonchev–Trinajstić information content (AvgIpc) is 3.09. The number of ether oxygens (including phenoxy) is 3. The molecule has 29 heavy (non-hydrogen) atoms. The lowest BCUT2D eigenvalue weighted by Crippen LogP contribution is -2.70. The summed E-state index contributed by atoms with van der Waals surface area (Å²) in [6, 6.07) is 0. The number of aliphatic hydroxyl groups excluding tert-OH is 1. The maximum atomic E-state index is 10.5. The molecular formula is C22H37NO6. The number of rotatable bonds is 5. The third-order valence-corrected chi connectivity index (χ3v) is 8.22. The molecule has 0 aromatic heterocycles. The fraction of sp³-hybridized carbons (Fsp3) is 1.00. The Morgan fingerprint density at radius 1 is 1.10 bits per heavy atom. The van der Waals surface area contributed by atoms with Crippen LogP contribution in [0.1, 0.15) is 59.3 Å². The second kappa shape index (κ2) is 7.69. The smallest absolute Gasteiger partial charge is 0.201 e. The SMILES string of the molecule is C[C@@H]1CC[C@H]2[C@@H](C)C(OCC(O)CN3CCCC3)O[C@@H]3O[C@]4(C)CC[C@@H]1[C@]32OO4. The van der Waals surface area contributed by atoms with E-state index in [1.807, 2.05) is 6.92 Å². The summed E-state index contributed by atoms with van der Waals surface area (Å²) in [5.74, 6) is 0.551. The number of likely N-dealkylation sites (tertiary alicyclic amines) is 1. The van der Waals surface area contributed by atoms with E-state index >= 15 is 0 Å². The maximum Gasteiger partial charge on any atom is 0.201 e. The Labute approximate surface area is 173 Å². The molecule has 0 amide bonds. The van der Waals surface area contributed by atoms with E-state index in [9.17, 15) is 5.11 Å². The molecule has 1 saturated carbocycles. The molecule has 6 fully saturated rings. The number of hydrogen-bond acceptors (Lipinski definition) is 7. The third-order valence-electron chi connectivity index (χ3n) is 8.22. The van der Waals surface area contributed by atoms with E-state index in [0.29, 0.717) is 18.4 Å². The van der Waals surface area contributed by atoms with Crippen LogP contribution in [0.2, 0.25) is 0 Å². The number of nitrogens with zero attached hydrogens (tertiary/aromatic N) is 1. The summed E-state index contributed by atoms with van der Waals surface area (Å²) >= 11 is 0. The van der Waals surface area contributed by atoms with Crippen molar-refractivity contribution in [3.63, 3.8) is 0 Å². The monoisotopic (exact) mass is 411 g/mol. The van der Waals surface area contributed by atoms with Gasteiger partial charge in [0.1, 0.15) is 0 Å². The first-order valence-corrected chi connectivity index (χ1v) is 11.6. The molecule has 166 valence electrons. The lowest BCUT2D eigenvalue weighted by molar-refractivity contribution is -0.577. The van der Waals surface area contributed by atoms with Gasteiger partial charge in [0.25, 0.3) is 0 Å². The predicted molar refractivity (Wildman–Crippen MR) is 104 cm³/mol. The van der Waals surface area contributed by atoms with E-state index in [1.54, 1.807) is 0 Å². The molecule has 7 nitrogen and oxygen atoms in total. The van der Waals surface area contributed by atoms with Crippen LogP contribution < -0.4 is 0 Å². The highest BCUT2D eigenvalue weighted by molar-refractivity contribution is 5.09. The van der Waals surface area contributed by atoms with Crippen LogP contribution in [-0.4, -0.2) is 66.3 Å². The van der Waals surface area contributed by atoms with Crippen molar-refractivity contribution in [2.45, 2.75) is 89.4 Å². The zero-order valence-electron chi connectivity index (χ0n) is 18.0. The summed E-state index contributed by atoms with van der Waals surface area (Å²) in [6.07, 6.45) is 5.13. The molecule has 7 heteroatoms. The van der Waals surface area contributed by atoms with Crippen LogP contribution in [0.4, 0.5) is 0 Å². The third kappa shape index (κ3) is 3.47. The van der Waals surface area contributed by atoms with E-state index < -0.39 is 30.1 Å². The summed E-state index contributed by atoms with van der Waals surface area (Å²) in [5, 5.41) is 10.5. The first-order valence-electron chi connectivity index (χ1n) is 11.6. The van der Waals surface area contributed by atoms with Crippen molar-refractivity contribution in [2.24, 2.45) is 23.7 Å². The van der Waals surface area contributed by atoms with E-state index in [1.165, 1.54) is 19.3 Å². The summed E-state index contributed by atoms with van der Waals surface area (Å²) in [7, 11) is 0. The number of β-amino-alcohol motifs (C(OH)–C–C–N with tert-alkyl or cyclic N) is 1. The Bertz CT molecular complexity index is 600. The number of fused-ring (bicyclic) bond motifs is 2. The second-order valence-electron chi connectivity index (χ2n) is 10.3. The van der Waals surface area contributed by atoms with Crippen LogP contribution in [0.3, 0.4) is 0 Å². The Hall–Kier alpha value is -0.280. The first kappa shape index (κ1) is 20.6. The summed E-state index contributed by atoms with van der Waals surface area (Å²) in [6.45, 7) is 9.54. The van der Waals surface area contributed by atoms with Gasteiger partial charge < -0.3 is 24.2 Å². The summed E-state index contributed by atoms with van der Waals surface area (Å²) < 4.78 is 18.9. The molecule has 9 atom stereocenters. The molecule has 0 radical (unpaired) electrons. The Kier molecular flexibility index (Phi) is 5.47. The zero-order chi connectivity index (χ0) is 20.2. The van der Waals surface area contributed by atoms with Gasteiger partial charge >= 0.3 is 0 Å². The van der Waals surface area contributed by atoms with Crippen molar-refractivity contribution in [1.29, 1.82) is 0 Å². The molecule has 0 aromatic carbocycles. The molecule has 6 aliphatic rings. The van der Waals surface area contributed by atoms with Gasteiger partial charge in [0.15, 0.2) is 18.2 Å². The molecule has 5 heterocycles. The van der Waals surface area contributed by atoms with Gasteiger partial charge in [0.05, 0.1) is 12.7 Å².